The summed E-state index contributed by atoms with van der Waals surface area (Å²) in [7, 11) is -2.67. The van der Waals surface area contributed by atoms with Crippen LogP contribution >= 0.6 is 0 Å². The van der Waals surface area contributed by atoms with E-state index in [1.54, 1.807) is 0 Å². The van der Waals surface area contributed by atoms with Crippen LogP contribution < -0.4 is 8.85 Å². The van der Waals surface area contributed by atoms with Gasteiger partial charge in [0.15, 0.2) is 0 Å². The summed E-state index contributed by atoms with van der Waals surface area (Å²) in [5.74, 6) is 1.42. The third-order valence-electron chi connectivity index (χ3n) is 8.59. The predicted octanol–water partition coefficient (Wildman–Crippen LogP) is 9.54. The van der Waals surface area contributed by atoms with Crippen LogP contribution in [0.25, 0.3) is 0 Å². The van der Waals surface area contributed by atoms with Crippen LogP contribution in [0.4, 0.5) is 0 Å². The zero-order chi connectivity index (χ0) is 31.6. The van der Waals surface area contributed by atoms with E-state index in [0.29, 0.717) is 18.4 Å². The number of esters is 1. The molecule has 1 aromatic carbocycles. The van der Waals surface area contributed by atoms with Gasteiger partial charge in [-0.3, -0.25) is 0 Å². The molecule has 5 nitrogen and oxygen atoms in total. The molecule has 0 aliphatic carbocycles. The summed E-state index contributed by atoms with van der Waals surface area (Å²) >= 11 is 0. The van der Waals surface area contributed by atoms with Crippen molar-refractivity contribution in [3.8, 4) is 11.5 Å². The number of aliphatic hydroxyl groups excluding tert-OH is 1. The van der Waals surface area contributed by atoms with Gasteiger partial charge in [0.1, 0.15) is 11.5 Å². The molecule has 0 aromatic heterocycles. The van der Waals surface area contributed by atoms with Gasteiger partial charge >= 0.3 is 5.97 Å². The molecule has 1 aromatic rings. The number of benzene rings is 1. The lowest BCUT2D eigenvalue weighted by molar-refractivity contribution is -0.136. The highest BCUT2D eigenvalue weighted by atomic mass is 28.4. The van der Waals surface area contributed by atoms with Crippen molar-refractivity contribution < 1.29 is 23.5 Å². The maximum atomic E-state index is 12.7. The molecule has 7 heteroatoms. The molecule has 0 aliphatic rings. The zero-order valence-corrected chi connectivity index (χ0v) is 30.3. The van der Waals surface area contributed by atoms with Crippen molar-refractivity contribution in [2.75, 3.05) is 13.7 Å². The summed E-state index contributed by atoms with van der Waals surface area (Å²) in [5.41, 5.74) is 3.95. The van der Waals surface area contributed by atoms with Crippen LogP contribution in [-0.4, -0.2) is 41.4 Å². The summed E-state index contributed by atoms with van der Waals surface area (Å²) in [5, 5.41) is 9.32. The Morgan fingerprint density at radius 3 is 1.90 bits per heavy atom. The van der Waals surface area contributed by atoms with Crippen molar-refractivity contribution in [1.82, 2.24) is 0 Å². The average molecular weight is 603 g/mol. The van der Waals surface area contributed by atoms with Gasteiger partial charge in [-0.2, -0.15) is 0 Å². The molecule has 0 saturated heterocycles. The number of carbonyl (C=O) groups excluding carboxylic acids is 1. The number of aliphatic hydroxyl groups is 1. The minimum absolute atomic E-state index is 0.0599. The molecule has 0 atom stereocenters. The van der Waals surface area contributed by atoms with E-state index in [4.69, 9.17) is 13.6 Å². The Morgan fingerprint density at radius 2 is 1.37 bits per heavy atom. The van der Waals surface area contributed by atoms with Crippen molar-refractivity contribution in [2.45, 2.75) is 124 Å². The molecule has 0 aliphatic heterocycles. The molecule has 1 N–H and O–H groups in total. The van der Waals surface area contributed by atoms with Crippen molar-refractivity contribution in [3.63, 3.8) is 0 Å². The van der Waals surface area contributed by atoms with Gasteiger partial charge in [0.05, 0.1) is 13.7 Å². The van der Waals surface area contributed by atoms with Crippen LogP contribution in [0.1, 0.15) is 86.6 Å². The molecule has 0 radical (unpaired) electrons. The second-order valence-electron chi connectivity index (χ2n) is 14.3. The number of hydrogen-bond donors (Lipinski definition) is 1. The Kier molecular flexibility index (Phi) is 13.9. The van der Waals surface area contributed by atoms with Gasteiger partial charge in [-0.25, -0.2) is 4.79 Å². The molecule has 0 unspecified atom stereocenters. The van der Waals surface area contributed by atoms with Gasteiger partial charge in [-0.1, -0.05) is 70.9 Å². The molecule has 0 amide bonds. The smallest absolute Gasteiger partial charge is 0.333 e. The fourth-order valence-corrected chi connectivity index (χ4v) is 5.67. The Bertz CT molecular complexity index is 1100. The van der Waals surface area contributed by atoms with E-state index in [2.05, 4.69) is 92.9 Å². The zero-order valence-electron chi connectivity index (χ0n) is 28.3. The van der Waals surface area contributed by atoms with Gasteiger partial charge < -0.3 is 18.7 Å². The Labute approximate surface area is 253 Å². The van der Waals surface area contributed by atoms with Gasteiger partial charge in [0.2, 0.25) is 16.6 Å². The van der Waals surface area contributed by atoms with Crippen LogP contribution in [0.15, 0.2) is 53.1 Å². The SMILES string of the molecule is COC(=O)C(=CCc1cc(O[Si](C)(C)C(C)(C)C)ccc1O[Si](C)(C)C(C)(C)C)CC/C=C(\C)CC/C=C(\C)CO. The molecular weight excluding hydrogens is 545 g/mol. The van der Waals surface area contributed by atoms with Gasteiger partial charge in [0, 0.05) is 11.1 Å². The normalized spacial score (nSPS) is 14.2. The Morgan fingerprint density at radius 1 is 0.829 bits per heavy atom. The summed E-state index contributed by atoms with van der Waals surface area (Å²) < 4.78 is 18.5. The largest absolute Gasteiger partial charge is 0.543 e. The number of carbonyl (C=O) groups is 1. The van der Waals surface area contributed by atoms with E-state index in [0.717, 1.165) is 41.9 Å². The first-order chi connectivity index (χ1) is 18.7. The Hall–Kier alpha value is -2.10. The molecular formula is C34H58O5Si2. The van der Waals surface area contributed by atoms with Crippen LogP contribution in [-0.2, 0) is 16.0 Å². The van der Waals surface area contributed by atoms with Crippen molar-refractivity contribution in [1.29, 1.82) is 0 Å². The molecule has 0 fully saturated rings. The molecule has 0 bridgehead atoms. The Balaban J connectivity index is 3.31. The first-order valence-corrected chi connectivity index (χ1v) is 20.8. The molecule has 0 spiro atoms. The van der Waals surface area contributed by atoms with Crippen molar-refractivity contribution >= 4 is 22.6 Å². The highest BCUT2D eigenvalue weighted by Crippen LogP contribution is 2.41. The number of methoxy groups -OCH3 is 1. The average Bonchev–Trinajstić information content (AvgIpc) is 2.85. The van der Waals surface area contributed by atoms with E-state index in [1.807, 2.05) is 25.1 Å². The lowest BCUT2D eigenvalue weighted by atomic mass is 10.0. The van der Waals surface area contributed by atoms with Gasteiger partial charge in [0.25, 0.3) is 0 Å². The van der Waals surface area contributed by atoms with Gasteiger partial charge in [-0.05, 0) is 100 Å². The summed E-state index contributed by atoms with van der Waals surface area (Å²) in [6.07, 6.45) is 10.0. The first kappa shape index (κ1) is 36.9. The monoisotopic (exact) mass is 602 g/mol. The maximum absolute atomic E-state index is 12.7. The van der Waals surface area contributed by atoms with Crippen LogP contribution in [0, 0.1) is 0 Å². The highest BCUT2D eigenvalue weighted by molar-refractivity contribution is 6.75. The molecule has 41 heavy (non-hydrogen) atoms. The predicted molar refractivity (Wildman–Crippen MR) is 179 cm³/mol. The number of ether oxygens (including phenoxy) is 1. The van der Waals surface area contributed by atoms with E-state index in [9.17, 15) is 9.90 Å². The van der Waals surface area contributed by atoms with E-state index in [-0.39, 0.29) is 22.7 Å². The van der Waals surface area contributed by atoms with E-state index in [1.165, 1.54) is 12.7 Å². The summed E-state index contributed by atoms with van der Waals surface area (Å²) in [6.45, 7) is 26.6. The molecule has 0 saturated carbocycles. The number of rotatable bonds is 14. The highest BCUT2D eigenvalue weighted by Gasteiger charge is 2.40. The minimum atomic E-state index is -2.08. The second-order valence-corrected chi connectivity index (χ2v) is 23.7. The van der Waals surface area contributed by atoms with Crippen LogP contribution in [0.2, 0.25) is 36.3 Å². The maximum Gasteiger partial charge on any atom is 0.333 e. The summed E-state index contributed by atoms with van der Waals surface area (Å²) in [6, 6.07) is 6.17. The first-order valence-electron chi connectivity index (χ1n) is 14.9. The van der Waals surface area contributed by atoms with Crippen molar-refractivity contribution in [2.24, 2.45) is 0 Å². The second kappa shape index (κ2) is 15.4. The number of allylic oxidation sites excluding steroid dienone is 4. The molecule has 232 valence electrons. The summed E-state index contributed by atoms with van der Waals surface area (Å²) in [4.78, 5) is 12.7. The quantitative estimate of drug-likeness (QED) is 0.0994. The minimum Gasteiger partial charge on any atom is -0.543 e. The fraction of sp³-hybridized carbons (Fsp3) is 0.618. The van der Waals surface area contributed by atoms with Crippen molar-refractivity contribution in [3.05, 3.63) is 58.7 Å². The van der Waals surface area contributed by atoms with Crippen LogP contribution in [0.3, 0.4) is 0 Å². The number of hydrogen-bond acceptors (Lipinski definition) is 5. The molecule has 1 rings (SSSR count). The van der Waals surface area contributed by atoms with E-state index < -0.39 is 16.6 Å². The standard InChI is InChI=1S/C34H58O5Si2/c1-26(16-14-18-27(2)25-35)17-15-19-28(32(36)37-9)20-21-29-24-30(38-40(10,11)33(3,4)5)22-23-31(29)39-41(12,13)34(6,7)8/h17-18,20,22-24,35H,14-16,19,21,25H2,1-13H3/b26-17+,27-18+,28-20?. The van der Waals surface area contributed by atoms with Crippen LogP contribution in [0.5, 0.6) is 11.5 Å². The molecule has 0 heterocycles. The third-order valence-corrected chi connectivity index (χ3v) is 17.3. The topological polar surface area (TPSA) is 65.0 Å². The van der Waals surface area contributed by atoms with Gasteiger partial charge in [-0.15, -0.1) is 0 Å². The lowest BCUT2D eigenvalue weighted by Gasteiger charge is -2.38. The third kappa shape index (κ3) is 12.0. The fourth-order valence-electron chi connectivity index (χ4n) is 3.59. The van der Waals surface area contributed by atoms with E-state index >= 15 is 0 Å². The lowest BCUT2D eigenvalue weighted by Crippen LogP contribution is -2.44.